The monoisotopic (exact) mass is 424 g/mol. The number of carbonyl (C=O) groups excluding carboxylic acids is 1. The molecule has 0 spiro atoms. The van der Waals surface area contributed by atoms with E-state index in [0.717, 1.165) is 30.1 Å². The maximum Gasteiger partial charge on any atom is 0.332 e. The Bertz CT molecular complexity index is 1210. The minimum absolute atomic E-state index is 0.284. The van der Waals surface area contributed by atoms with Crippen LogP contribution in [0.3, 0.4) is 0 Å². The average Bonchev–Trinajstić information content (AvgIpc) is 3.14. The van der Waals surface area contributed by atoms with Gasteiger partial charge < -0.3 is 9.88 Å². The molecule has 9 heteroatoms. The van der Waals surface area contributed by atoms with E-state index in [9.17, 15) is 14.4 Å². The first kappa shape index (κ1) is 21.0. The maximum atomic E-state index is 12.7. The van der Waals surface area contributed by atoms with Gasteiger partial charge in [0.1, 0.15) is 6.54 Å². The molecular formula is C22H28N6O3. The molecule has 1 saturated heterocycles. The Kier molecular flexibility index (Phi) is 5.77. The summed E-state index contributed by atoms with van der Waals surface area (Å²) in [5.74, 6) is 0.371. The van der Waals surface area contributed by atoms with Gasteiger partial charge in [-0.3, -0.25) is 19.1 Å². The summed E-state index contributed by atoms with van der Waals surface area (Å²) in [6, 6.07) is 7.71. The molecule has 0 bridgehead atoms. The van der Waals surface area contributed by atoms with E-state index in [0.29, 0.717) is 11.3 Å². The lowest BCUT2D eigenvalue weighted by Gasteiger charge is -2.30. The number of piperidine rings is 1. The first-order valence-corrected chi connectivity index (χ1v) is 10.6. The standard InChI is InChI=1S/C22H28N6O3/c1-15-8-10-27(11-9-15)12-16-4-6-17(7-5-16)24-18(29)13-28-21(30)19-20(23-14-25(19)2)26(3)22(28)31/h4-7,14-15H,8-13H2,1-3H3,(H,24,29). The fourth-order valence-corrected chi connectivity index (χ4v) is 4.05. The second kappa shape index (κ2) is 8.50. The smallest absolute Gasteiger partial charge is 0.328 e. The van der Waals surface area contributed by atoms with Crippen molar-refractivity contribution in [3.63, 3.8) is 0 Å². The van der Waals surface area contributed by atoms with Crippen LogP contribution in [-0.2, 0) is 32.0 Å². The molecule has 164 valence electrons. The molecule has 4 rings (SSSR count). The lowest BCUT2D eigenvalue weighted by molar-refractivity contribution is -0.116. The van der Waals surface area contributed by atoms with Crippen LogP contribution in [0.4, 0.5) is 5.69 Å². The molecule has 2 aromatic heterocycles. The van der Waals surface area contributed by atoms with Crippen molar-refractivity contribution in [1.82, 2.24) is 23.6 Å². The summed E-state index contributed by atoms with van der Waals surface area (Å²) in [5, 5.41) is 2.77. The van der Waals surface area contributed by atoms with Crippen LogP contribution in [0.5, 0.6) is 0 Å². The first-order chi connectivity index (χ1) is 14.8. The molecule has 1 amide bonds. The van der Waals surface area contributed by atoms with E-state index in [1.165, 1.54) is 36.3 Å². The molecule has 3 aromatic rings. The van der Waals surface area contributed by atoms with Crippen LogP contribution in [0.1, 0.15) is 25.3 Å². The zero-order chi connectivity index (χ0) is 22.1. The van der Waals surface area contributed by atoms with Crippen molar-refractivity contribution in [2.45, 2.75) is 32.9 Å². The van der Waals surface area contributed by atoms with Crippen LogP contribution in [0.25, 0.3) is 11.2 Å². The number of likely N-dealkylation sites (tertiary alicyclic amines) is 1. The highest BCUT2D eigenvalue weighted by molar-refractivity contribution is 5.90. The zero-order valence-electron chi connectivity index (χ0n) is 18.2. The van der Waals surface area contributed by atoms with Gasteiger partial charge in [-0.2, -0.15) is 0 Å². The van der Waals surface area contributed by atoms with Gasteiger partial charge in [-0.1, -0.05) is 19.1 Å². The minimum atomic E-state index is -0.572. The van der Waals surface area contributed by atoms with Crippen molar-refractivity contribution in [3.8, 4) is 0 Å². The van der Waals surface area contributed by atoms with E-state index >= 15 is 0 Å². The summed E-state index contributed by atoms with van der Waals surface area (Å²) in [4.78, 5) is 44.4. The van der Waals surface area contributed by atoms with E-state index < -0.39 is 17.2 Å². The lowest BCUT2D eigenvalue weighted by atomic mass is 9.99. The molecule has 1 aliphatic rings. The van der Waals surface area contributed by atoms with Gasteiger partial charge in [0.2, 0.25) is 5.91 Å². The Morgan fingerprint density at radius 2 is 1.81 bits per heavy atom. The lowest BCUT2D eigenvalue weighted by Crippen LogP contribution is -2.42. The van der Waals surface area contributed by atoms with E-state index in [1.54, 1.807) is 11.6 Å². The molecule has 0 saturated carbocycles. The maximum absolute atomic E-state index is 12.7. The van der Waals surface area contributed by atoms with Gasteiger partial charge in [0.15, 0.2) is 11.2 Å². The zero-order valence-corrected chi connectivity index (χ0v) is 18.2. The number of fused-ring (bicyclic) bond motifs is 1. The van der Waals surface area contributed by atoms with Crippen LogP contribution < -0.4 is 16.6 Å². The van der Waals surface area contributed by atoms with E-state index in [-0.39, 0.29) is 12.1 Å². The molecule has 9 nitrogen and oxygen atoms in total. The quantitative estimate of drug-likeness (QED) is 0.666. The largest absolute Gasteiger partial charge is 0.332 e. The summed E-state index contributed by atoms with van der Waals surface area (Å²) in [6.07, 6.45) is 3.94. The number of aryl methyl sites for hydroxylation is 2. The van der Waals surface area contributed by atoms with Gasteiger partial charge in [0.25, 0.3) is 5.56 Å². The Morgan fingerprint density at radius 1 is 1.13 bits per heavy atom. The second-order valence-electron chi connectivity index (χ2n) is 8.46. The third-order valence-corrected chi connectivity index (χ3v) is 6.02. The molecule has 0 radical (unpaired) electrons. The Labute approximate surface area is 179 Å². The third-order valence-electron chi connectivity index (χ3n) is 6.02. The van der Waals surface area contributed by atoms with Crippen LogP contribution in [0, 0.1) is 5.92 Å². The number of hydrogen-bond donors (Lipinski definition) is 1. The number of carbonyl (C=O) groups is 1. The molecule has 31 heavy (non-hydrogen) atoms. The number of amides is 1. The van der Waals surface area contributed by atoms with Gasteiger partial charge >= 0.3 is 5.69 Å². The molecular weight excluding hydrogens is 396 g/mol. The number of nitrogens with one attached hydrogen (secondary N) is 1. The highest BCUT2D eigenvalue weighted by Gasteiger charge is 2.18. The molecule has 1 aliphatic heterocycles. The summed E-state index contributed by atoms with van der Waals surface area (Å²) >= 11 is 0. The number of hydrogen-bond acceptors (Lipinski definition) is 5. The Hall–Kier alpha value is -3.20. The Balaban J connectivity index is 1.44. The number of aromatic nitrogens is 4. The predicted molar refractivity (Wildman–Crippen MR) is 119 cm³/mol. The number of nitrogens with zero attached hydrogens (tertiary/aromatic N) is 5. The van der Waals surface area contributed by atoms with Gasteiger partial charge in [-0.15, -0.1) is 0 Å². The molecule has 0 unspecified atom stereocenters. The molecule has 3 heterocycles. The highest BCUT2D eigenvalue weighted by Crippen LogP contribution is 2.19. The molecule has 0 atom stereocenters. The molecule has 1 fully saturated rings. The van der Waals surface area contributed by atoms with Gasteiger partial charge in [-0.25, -0.2) is 14.3 Å². The van der Waals surface area contributed by atoms with Gasteiger partial charge in [0, 0.05) is 26.3 Å². The summed E-state index contributed by atoms with van der Waals surface area (Å²) < 4.78 is 3.76. The average molecular weight is 425 g/mol. The molecule has 0 aliphatic carbocycles. The van der Waals surface area contributed by atoms with Crippen molar-refractivity contribution in [3.05, 3.63) is 57.0 Å². The molecule has 1 aromatic carbocycles. The summed E-state index contributed by atoms with van der Waals surface area (Å²) in [5.41, 5.74) is 1.31. The van der Waals surface area contributed by atoms with E-state index in [4.69, 9.17) is 0 Å². The highest BCUT2D eigenvalue weighted by atomic mass is 16.2. The number of anilines is 1. The Morgan fingerprint density at radius 3 is 2.48 bits per heavy atom. The molecule has 1 N–H and O–H groups in total. The SMILES string of the molecule is CC1CCN(Cc2ccc(NC(=O)Cn3c(=O)c4c(ncn4C)n(C)c3=O)cc2)CC1. The van der Waals surface area contributed by atoms with Crippen LogP contribution >= 0.6 is 0 Å². The number of benzene rings is 1. The fraction of sp³-hybridized carbons (Fsp3) is 0.455. The van der Waals surface area contributed by atoms with Crippen molar-refractivity contribution >= 4 is 22.8 Å². The van der Waals surface area contributed by atoms with E-state index in [2.05, 4.69) is 22.1 Å². The number of rotatable bonds is 5. The third kappa shape index (κ3) is 4.32. The van der Waals surface area contributed by atoms with Crippen LogP contribution in [-0.4, -0.2) is 42.6 Å². The van der Waals surface area contributed by atoms with Gasteiger partial charge in [-0.05, 0) is 49.5 Å². The normalized spacial score (nSPS) is 15.5. The van der Waals surface area contributed by atoms with Crippen LogP contribution in [0.2, 0.25) is 0 Å². The van der Waals surface area contributed by atoms with Gasteiger partial charge in [0.05, 0.1) is 6.33 Å². The fourth-order valence-electron chi connectivity index (χ4n) is 4.05. The van der Waals surface area contributed by atoms with E-state index in [1.807, 2.05) is 24.3 Å². The summed E-state index contributed by atoms with van der Waals surface area (Å²) in [6.45, 7) is 5.07. The minimum Gasteiger partial charge on any atom is -0.328 e. The predicted octanol–water partition coefficient (Wildman–Crippen LogP) is 1.30. The summed E-state index contributed by atoms with van der Waals surface area (Å²) in [7, 11) is 3.21. The van der Waals surface area contributed by atoms with Crippen molar-refractivity contribution in [2.75, 3.05) is 18.4 Å². The van der Waals surface area contributed by atoms with Crippen molar-refractivity contribution in [1.29, 1.82) is 0 Å². The van der Waals surface area contributed by atoms with Crippen molar-refractivity contribution in [2.24, 2.45) is 20.0 Å². The van der Waals surface area contributed by atoms with Crippen LogP contribution in [0.15, 0.2) is 40.2 Å². The second-order valence-corrected chi connectivity index (χ2v) is 8.46. The first-order valence-electron chi connectivity index (χ1n) is 10.6. The number of imidazole rings is 1. The van der Waals surface area contributed by atoms with Crippen molar-refractivity contribution < 1.29 is 4.79 Å². The topological polar surface area (TPSA) is 94.2 Å².